The van der Waals surface area contributed by atoms with Gasteiger partial charge in [-0.25, -0.2) is 4.79 Å². The fourth-order valence-electron chi connectivity index (χ4n) is 2.72. The van der Waals surface area contributed by atoms with E-state index in [2.05, 4.69) is 15.4 Å². The van der Waals surface area contributed by atoms with Crippen molar-refractivity contribution in [3.63, 3.8) is 0 Å². The van der Waals surface area contributed by atoms with Gasteiger partial charge in [-0.3, -0.25) is 4.79 Å². The Balaban J connectivity index is 1.42. The molecule has 130 valence electrons. The largest absolute Gasteiger partial charge is 0.437 e. The highest BCUT2D eigenvalue weighted by Gasteiger charge is 2.13. The molecule has 0 fully saturated rings. The number of aromatic nitrogens is 3. The summed E-state index contributed by atoms with van der Waals surface area (Å²) in [7, 11) is 0. The number of nitrogens with zero attached hydrogens (tertiary/aromatic N) is 2. The van der Waals surface area contributed by atoms with Gasteiger partial charge in [0.05, 0.1) is 6.54 Å². The molecule has 7 heteroatoms. The Bertz CT molecular complexity index is 1080. The van der Waals surface area contributed by atoms with E-state index in [-0.39, 0.29) is 18.3 Å². The van der Waals surface area contributed by atoms with Crippen molar-refractivity contribution in [2.24, 2.45) is 0 Å². The summed E-state index contributed by atoms with van der Waals surface area (Å²) in [6, 6.07) is 18.9. The van der Waals surface area contributed by atoms with E-state index in [9.17, 15) is 9.59 Å². The summed E-state index contributed by atoms with van der Waals surface area (Å²) in [6.07, 6.45) is 0. The minimum atomic E-state index is -0.662. The molecule has 0 aliphatic rings. The number of fused-ring (bicyclic) bond motifs is 1. The van der Waals surface area contributed by atoms with E-state index in [1.165, 1.54) is 0 Å². The summed E-state index contributed by atoms with van der Waals surface area (Å²) in [6.45, 7) is 0.140. The van der Waals surface area contributed by atoms with Gasteiger partial charge in [0.1, 0.15) is 6.54 Å². The summed E-state index contributed by atoms with van der Waals surface area (Å²) in [5.41, 5.74) is 2.58. The van der Waals surface area contributed by atoms with Crippen LogP contribution in [0.1, 0.15) is 5.69 Å². The SMILES string of the molecule is O=C(Cn1nc(-c2ccccc2)oc1=O)NCc1cc2ccccc2[nH]1. The zero-order chi connectivity index (χ0) is 17.9. The number of nitrogens with one attached hydrogen (secondary N) is 2. The molecule has 0 saturated heterocycles. The van der Waals surface area contributed by atoms with Crippen LogP contribution in [-0.4, -0.2) is 20.7 Å². The quantitative estimate of drug-likeness (QED) is 0.579. The van der Waals surface area contributed by atoms with Crippen LogP contribution in [-0.2, 0) is 17.9 Å². The third-order valence-corrected chi connectivity index (χ3v) is 3.98. The number of carbonyl (C=O) groups is 1. The monoisotopic (exact) mass is 348 g/mol. The summed E-state index contributed by atoms with van der Waals surface area (Å²) >= 11 is 0. The van der Waals surface area contributed by atoms with E-state index in [4.69, 9.17) is 4.42 Å². The lowest BCUT2D eigenvalue weighted by Crippen LogP contribution is -2.31. The van der Waals surface area contributed by atoms with Crippen LogP contribution in [0.25, 0.3) is 22.4 Å². The molecule has 0 radical (unpaired) electrons. The highest BCUT2D eigenvalue weighted by molar-refractivity contribution is 5.80. The number of rotatable bonds is 5. The lowest BCUT2D eigenvalue weighted by atomic mass is 10.2. The minimum absolute atomic E-state index is 0.194. The van der Waals surface area contributed by atoms with Crippen molar-refractivity contribution in [1.82, 2.24) is 20.1 Å². The van der Waals surface area contributed by atoms with Gasteiger partial charge in [0.15, 0.2) is 0 Å². The van der Waals surface area contributed by atoms with E-state index in [1.807, 2.05) is 48.5 Å². The number of H-pyrrole nitrogens is 1. The van der Waals surface area contributed by atoms with Crippen LogP contribution in [0.4, 0.5) is 0 Å². The molecule has 0 spiro atoms. The summed E-state index contributed by atoms with van der Waals surface area (Å²) in [5.74, 6) is -0.790. The van der Waals surface area contributed by atoms with Crippen molar-refractivity contribution in [2.75, 3.05) is 0 Å². The van der Waals surface area contributed by atoms with Crippen LogP contribution in [0, 0.1) is 0 Å². The molecule has 4 rings (SSSR count). The van der Waals surface area contributed by atoms with Crippen LogP contribution < -0.4 is 11.1 Å². The van der Waals surface area contributed by atoms with Gasteiger partial charge in [-0.15, -0.1) is 5.10 Å². The Labute approximate surface area is 148 Å². The molecule has 0 saturated carbocycles. The molecule has 0 unspecified atom stereocenters. The lowest BCUT2D eigenvalue weighted by Gasteiger charge is -2.02. The predicted octanol–water partition coefficient (Wildman–Crippen LogP) is 2.30. The van der Waals surface area contributed by atoms with Gasteiger partial charge in [0.25, 0.3) is 0 Å². The number of amides is 1. The molecule has 7 nitrogen and oxygen atoms in total. The predicted molar refractivity (Wildman–Crippen MR) is 96.3 cm³/mol. The van der Waals surface area contributed by atoms with Crippen molar-refractivity contribution in [2.45, 2.75) is 13.1 Å². The maximum Gasteiger partial charge on any atom is 0.437 e. The van der Waals surface area contributed by atoms with Crippen molar-refractivity contribution in [3.8, 4) is 11.5 Å². The molecular formula is C19H16N4O3. The molecular weight excluding hydrogens is 332 g/mol. The van der Waals surface area contributed by atoms with E-state index in [0.29, 0.717) is 12.1 Å². The van der Waals surface area contributed by atoms with Gasteiger partial charge in [-0.2, -0.15) is 4.68 Å². The van der Waals surface area contributed by atoms with Gasteiger partial charge in [0.2, 0.25) is 11.8 Å². The first-order valence-corrected chi connectivity index (χ1v) is 8.16. The van der Waals surface area contributed by atoms with Crippen LogP contribution in [0.15, 0.2) is 69.9 Å². The third kappa shape index (κ3) is 3.27. The molecule has 0 aliphatic carbocycles. The zero-order valence-electron chi connectivity index (χ0n) is 13.8. The highest BCUT2D eigenvalue weighted by atomic mass is 16.4. The second-order valence-corrected chi connectivity index (χ2v) is 5.86. The first kappa shape index (κ1) is 15.9. The first-order valence-electron chi connectivity index (χ1n) is 8.16. The summed E-state index contributed by atoms with van der Waals surface area (Å²) in [5, 5.41) is 7.93. The second kappa shape index (κ2) is 6.72. The fraction of sp³-hybridized carbons (Fsp3) is 0.105. The van der Waals surface area contributed by atoms with Crippen molar-refractivity contribution < 1.29 is 9.21 Å². The Hall–Kier alpha value is -3.61. The average molecular weight is 348 g/mol. The Morgan fingerprint density at radius 1 is 1.12 bits per heavy atom. The van der Waals surface area contributed by atoms with E-state index in [0.717, 1.165) is 21.3 Å². The molecule has 2 aromatic carbocycles. The lowest BCUT2D eigenvalue weighted by molar-refractivity contribution is -0.122. The Morgan fingerprint density at radius 3 is 2.69 bits per heavy atom. The van der Waals surface area contributed by atoms with Crippen molar-refractivity contribution >= 4 is 16.8 Å². The van der Waals surface area contributed by atoms with E-state index >= 15 is 0 Å². The van der Waals surface area contributed by atoms with E-state index in [1.54, 1.807) is 12.1 Å². The number of aromatic amines is 1. The topological polar surface area (TPSA) is 92.9 Å². The molecule has 2 aromatic heterocycles. The third-order valence-electron chi connectivity index (χ3n) is 3.98. The van der Waals surface area contributed by atoms with Gasteiger partial charge in [-0.1, -0.05) is 36.4 Å². The Kier molecular flexibility index (Phi) is 4.10. The smallest absolute Gasteiger partial charge is 0.388 e. The number of hydrogen-bond donors (Lipinski definition) is 2. The normalized spacial score (nSPS) is 10.9. The molecule has 2 heterocycles. The van der Waals surface area contributed by atoms with Crippen LogP contribution in [0.2, 0.25) is 0 Å². The van der Waals surface area contributed by atoms with Crippen LogP contribution in [0.5, 0.6) is 0 Å². The summed E-state index contributed by atoms with van der Waals surface area (Å²) < 4.78 is 6.13. The summed E-state index contributed by atoms with van der Waals surface area (Å²) in [4.78, 5) is 27.3. The van der Waals surface area contributed by atoms with Gasteiger partial charge >= 0.3 is 5.76 Å². The first-order chi connectivity index (χ1) is 12.7. The van der Waals surface area contributed by atoms with E-state index < -0.39 is 5.76 Å². The number of benzene rings is 2. The van der Waals surface area contributed by atoms with Crippen LogP contribution in [0.3, 0.4) is 0 Å². The minimum Gasteiger partial charge on any atom is -0.388 e. The molecule has 4 aromatic rings. The fourth-order valence-corrected chi connectivity index (χ4v) is 2.72. The molecule has 0 atom stereocenters. The number of para-hydroxylation sites is 1. The number of carbonyl (C=O) groups excluding carboxylic acids is 1. The molecule has 1 amide bonds. The average Bonchev–Trinajstić information content (AvgIpc) is 3.24. The molecule has 0 aliphatic heterocycles. The molecule has 26 heavy (non-hydrogen) atoms. The van der Waals surface area contributed by atoms with Gasteiger partial charge in [0, 0.05) is 16.8 Å². The number of hydrogen-bond acceptors (Lipinski definition) is 4. The zero-order valence-corrected chi connectivity index (χ0v) is 13.8. The Morgan fingerprint density at radius 2 is 1.88 bits per heavy atom. The van der Waals surface area contributed by atoms with Gasteiger partial charge < -0.3 is 14.7 Å². The standard InChI is InChI=1S/C19H16N4O3/c24-17(20-11-15-10-14-8-4-5-9-16(14)21-15)12-23-19(25)26-18(22-23)13-6-2-1-3-7-13/h1-10,21H,11-12H2,(H,20,24). The molecule has 0 bridgehead atoms. The molecule has 2 N–H and O–H groups in total. The van der Waals surface area contributed by atoms with Crippen LogP contribution >= 0.6 is 0 Å². The van der Waals surface area contributed by atoms with Crippen molar-refractivity contribution in [3.05, 3.63) is 76.9 Å². The maximum absolute atomic E-state index is 12.1. The van der Waals surface area contributed by atoms with Gasteiger partial charge in [-0.05, 0) is 29.7 Å². The second-order valence-electron chi connectivity index (χ2n) is 5.86. The highest BCUT2D eigenvalue weighted by Crippen LogP contribution is 2.15. The van der Waals surface area contributed by atoms with Crippen molar-refractivity contribution in [1.29, 1.82) is 0 Å². The maximum atomic E-state index is 12.1.